The van der Waals surface area contributed by atoms with Gasteiger partial charge in [-0.25, -0.2) is 0 Å². The Bertz CT molecular complexity index is 3650. The summed E-state index contributed by atoms with van der Waals surface area (Å²) >= 11 is 0. The first-order valence-electron chi connectivity index (χ1n) is 21.4. The van der Waals surface area contributed by atoms with Crippen LogP contribution < -0.4 is 0 Å². The second kappa shape index (κ2) is 11.8. The second-order valence-electron chi connectivity index (χ2n) is 18.3. The van der Waals surface area contributed by atoms with Crippen LogP contribution in [0.15, 0.2) is 182 Å². The molecule has 0 bridgehead atoms. The highest BCUT2D eigenvalue weighted by atomic mass is 14.4. The van der Waals surface area contributed by atoms with Crippen molar-refractivity contribution in [2.75, 3.05) is 0 Å². The smallest absolute Gasteiger partial charge is 0.0171 e. The molecule has 0 heteroatoms. The highest BCUT2D eigenvalue weighted by Crippen LogP contribution is 2.58. The monoisotopic (exact) mass is 762 g/mol. The number of hydrogen-bond donors (Lipinski definition) is 0. The molecule has 11 aromatic rings. The topological polar surface area (TPSA) is 0 Å². The molecule has 0 saturated heterocycles. The van der Waals surface area contributed by atoms with E-state index in [0.717, 1.165) is 0 Å². The Kier molecular flexibility index (Phi) is 6.67. The van der Waals surface area contributed by atoms with Crippen molar-refractivity contribution in [1.29, 1.82) is 0 Å². The molecule has 2 aliphatic carbocycles. The molecule has 2 aliphatic rings. The van der Waals surface area contributed by atoms with Crippen molar-refractivity contribution < 1.29 is 0 Å². The Morgan fingerprint density at radius 3 is 1.42 bits per heavy atom. The molecule has 0 amide bonds. The first-order chi connectivity index (χ1) is 29.3. The molecule has 0 nitrogen and oxygen atoms in total. The molecule has 0 aromatic heterocycles. The van der Waals surface area contributed by atoms with Gasteiger partial charge in [0.2, 0.25) is 0 Å². The van der Waals surface area contributed by atoms with Gasteiger partial charge in [0.05, 0.1) is 0 Å². The van der Waals surface area contributed by atoms with Crippen LogP contribution >= 0.6 is 0 Å². The first-order valence-corrected chi connectivity index (χ1v) is 21.4. The van der Waals surface area contributed by atoms with Crippen molar-refractivity contribution in [3.05, 3.63) is 204 Å². The van der Waals surface area contributed by atoms with E-state index in [0.29, 0.717) is 0 Å². The summed E-state index contributed by atoms with van der Waals surface area (Å²) in [5.74, 6) is 0. The predicted octanol–water partition coefficient (Wildman–Crippen LogP) is 16.6. The lowest BCUT2D eigenvalue weighted by atomic mass is 9.77. The molecule has 0 saturated carbocycles. The van der Waals surface area contributed by atoms with E-state index in [2.05, 4.69) is 210 Å². The molecular weight excluding hydrogens is 721 g/mol. The van der Waals surface area contributed by atoms with Crippen molar-refractivity contribution in [3.63, 3.8) is 0 Å². The van der Waals surface area contributed by atoms with Crippen LogP contribution in [0.5, 0.6) is 0 Å². The Labute approximate surface area is 350 Å². The Morgan fingerprint density at radius 1 is 0.267 bits per heavy atom. The van der Waals surface area contributed by atoms with Gasteiger partial charge < -0.3 is 0 Å². The van der Waals surface area contributed by atoms with Crippen molar-refractivity contribution in [2.45, 2.75) is 38.5 Å². The molecule has 11 aromatic carbocycles. The zero-order chi connectivity index (χ0) is 40.1. The van der Waals surface area contributed by atoms with Crippen LogP contribution in [-0.2, 0) is 10.8 Å². The lowest BCUT2D eigenvalue weighted by Gasteiger charge is -2.25. The quantitative estimate of drug-likeness (QED) is 0.122. The van der Waals surface area contributed by atoms with Gasteiger partial charge in [-0.3, -0.25) is 0 Å². The third-order valence-electron chi connectivity index (χ3n) is 14.5. The van der Waals surface area contributed by atoms with E-state index in [4.69, 9.17) is 0 Å². The summed E-state index contributed by atoms with van der Waals surface area (Å²) in [4.78, 5) is 0. The van der Waals surface area contributed by atoms with Crippen LogP contribution in [-0.4, -0.2) is 0 Å². The van der Waals surface area contributed by atoms with Crippen molar-refractivity contribution in [3.8, 4) is 44.5 Å². The summed E-state index contributed by atoms with van der Waals surface area (Å²) in [7, 11) is 0. The van der Waals surface area contributed by atoms with Crippen LogP contribution in [0.3, 0.4) is 0 Å². The number of hydrogen-bond acceptors (Lipinski definition) is 0. The van der Waals surface area contributed by atoms with Gasteiger partial charge in [0, 0.05) is 10.8 Å². The van der Waals surface area contributed by atoms with E-state index in [1.165, 1.54) is 131 Å². The summed E-state index contributed by atoms with van der Waals surface area (Å²) in [5, 5.41) is 15.8. The maximum Gasteiger partial charge on any atom is 0.0171 e. The summed E-state index contributed by atoms with van der Waals surface area (Å²) in [6.45, 7) is 9.67. The van der Waals surface area contributed by atoms with Gasteiger partial charge in [-0.1, -0.05) is 198 Å². The molecule has 0 aliphatic heterocycles. The van der Waals surface area contributed by atoms with Gasteiger partial charge in [-0.15, -0.1) is 0 Å². The van der Waals surface area contributed by atoms with Gasteiger partial charge in [0.25, 0.3) is 0 Å². The molecule has 0 spiro atoms. The molecule has 60 heavy (non-hydrogen) atoms. The molecule has 0 radical (unpaired) electrons. The average Bonchev–Trinajstić information content (AvgIpc) is 3.68. The number of rotatable bonds is 2. The van der Waals surface area contributed by atoms with Crippen LogP contribution in [0, 0.1) is 0 Å². The minimum absolute atomic E-state index is 0.113. The first kappa shape index (κ1) is 33.9. The number of fused-ring (bicyclic) bond motifs is 17. The van der Waals surface area contributed by atoms with Crippen molar-refractivity contribution >= 4 is 64.6 Å². The standard InChI is InChI=1S/C60H42/c1-59(2)51-28-16-15-27-48(51)55-41-20-8-6-19-40(41)50(34-52(55)59)54-45-24-12-10-22-43(45)53(44-23-11-13-25-46(44)54)36-30-31-37-35(33-36)29-32-49-56-42-21-9-5-17-38(42)39-18-7-14-26-47(39)58(56)60(3,4)57(37)49/h5-34H,1-4H3. The maximum absolute atomic E-state index is 2.54. The van der Waals surface area contributed by atoms with Crippen LogP contribution in [0.25, 0.3) is 109 Å². The lowest BCUT2D eigenvalue weighted by molar-refractivity contribution is 0.661. The van der Waals surface area contributed by atoms with E-state index in [9.17, 15) is 0 Å². The fraction of sp³-hybridized carbons (Fsp3) is 0.100. The summed E-state index contributed by atoms with van der Waals surface area (Å²) in [6, 6.07) is 69.0. The van der Waals surface area contributed by atoms with Crippen LogP contribution in [0.1, 0.15) is 49.9 Å². The maximum atomic E-state index is 2.54. The summed E-state index contributed by atoms with van der Waals surface area (Å²) in [5.41, 5.74) is 16.1. The predicted molar refractivity (Wildman–Crippen MR) is 257 cm³/mol. The van der Waals surface area contributed by atoms with Crippen LogP contribution in [0.2, 0.25) is 0 Å². The normalized spacial score (nSPS) is 14.6. The highest BCUT2D eigenvalue weighted by Gasteiger charge is 2.40. The van der Waals surface area contributed by atoms with Gasteiger partial charge in [-0.2, -0.15) is 0 Å². The van der Waals surface area contributed by atoms with E-state index >= 15 is 0 Å². The SMILES string of the molecule is CC1(C)c2ccccc2-c2c1cc(-c1c3ccccc3c(-c3ccc4c5c(ccc4c3)-c3c(c4ccccc4c4ccccc34)C5(C)C)c3ccccc13)c1ccccc21. The Hall–Kier alpha value is -7.02. The molecule has 13 rings (SSSR count). The van der Waals surface area contributed by atoms with E-state index < -0.39 is 0 Å². The van der Waals surface area contributed by atoms with E-state index in [-0.39, 0.29) is 10.8 Å². The van der Waals surface area contributed by atoms with Crippen LogP contribution in [0.4, 0.5) is 0 Å². The van der Waals surface area contributed by atoms with Gasteiger partial charge >= 0.3 is 0 Å². The molecule has 282 valence electrons. The Morgan fingerprint density at radius 2 is 0.767 bits per heavy atom. The largest absolute Gasteiger partial charge is 0.0619 e. The van der Waals surface area contributed by atoms with E-state index in [1.54, 1.807) is 0 Å². The molecule has 0 N–H and O–H groups in total. The molecule has 0 fully saturated rings. The number of benzene rings is 11. The minimum Gasteiger partial charge on any atom is -0.0619 e. The van der Waals surface area contributed by atoms with Gasteiger partial charge in [0.15, 0.2) is 0 Å². The molecule has 0 heterocycles. The molecular formula is C60H42. The van der Waals surface area contributed by atoms with Crippen molar-refractivity contribution in [1.82, 2.24) is 0 Å². The zero-order valence-corrected chi connectivity index (χ0v) is 34.3. The molecule has 0 atom stereocenters. The van der Waals surface area contributed by atoms with Gasteiger partial charge in [0.1, 0.15) is 0 Å². The summed E-state index contributed by atoms with van der Waals surface area (Å²) in [6.07, 6.45) is 0. The van der Waals surface area contributed by atoms with E-state index in [1.807, 2.05) is 0 Å². The Balaban J connectivity index is 1.06. The van der Waals surface area contributed by atoms with Crippen molar-refractivity contribution in [2.24, 2.45) is 0 Å². The fourth-order valence-electron chi connectivity index (χ4n) is 12.0. The summed E-state index contributed by atoms with van der Waals surface area (Å²) < 4.78 is 0. The third-order valence-corrected chi connectivity index (χ3v) is 14.5. The molecule has 0 unspecified atom stereocenters. The average molecular weight is 763 g/mol. The van der Waals surface area contributed by atoms with Gasteiger partial charge in [-0.05, 0) is 144 Å². The second-order valence-corrected chi connectivity index (χ2v) is 18.3. The third kappa shape index (κ3) is 4.26. The lowest BCUT2D eigenvalue weighted by Crippen LogP contribution is -2.16. The fourth-order valence-corrected chi connectivity index (χ4v) is 12.0. The minimum atomic E-state index is -0.176. The zero-order valence-electron chi connectivity index (χ0n) is 34.3. The highest BCUT2D eigenvalue weighted by molar-refractivity contribution is 6.25.